The summed E-state index contributed by atoms with van der Waals surface area (Å²) in [6.07, 6.45) is -2.81. The van der Waals surface area contributed by atoms with Crippen LogP contribution in [0.1, 0.15) is 11.1 Å². The summed E-state index contributed by atoms with van der Waals surface area (Å²) in [5.41, 5.74) is -0.613. The number of aliphatic imine (C=N–C) groups is 1. The number of guanidine groups is 1. The Morgan fingerprint density at radius 2 is 2.10 bits per heavy atom. The molecule has 0 saturated carbocycles. The van der Waals surface area contributed by atoms with Crippen LogP contribution < -0.4 is 15.4 Å². The maximum Gasteiger partial charge on any atom is 0.416 e. The van der Waals surface area contributed by atoms with Crippen molar-refractivity contribution in [2.45, 2.75) is 12.7 Å². The van der Waals surface area contributed by atoms with Gasteiger partial charge in [-0.3, -0.25) is 4.99 Å². The lowest BCUT2D eigenvalue weighted by atomic mass is 10.1. The highest BCUT2D eigenvalue weighted by molar-refractivity contribution is 5.79. The summed E-state index contributed by atoms with van der Waals surface area (Å²) in [5.74, 6) is 0.569. The summed E-state index contributed by atoms with van der Waals surface area (Å²) < 4.78 is 43.9. The number of nitrogens with zero attached hydrogens (tertiary/aromatic N) is 1. The molecule has 0 bridgehead atoms. The minimum Gasteiger partial charge on any atom is -0.497 e. The van der Waals surface area contributed by atoms with Gasteiger partial charge in [-0.1, -0.05) is 12.1 Å². The van der Waals surface area contributed by atoms with E-state index in [1.807, 2.05) is 0 Å². The van der Waals surface area contributed by atoms with E-state index >= 15 is 0 Å². The molecule has 7 heteroatoms. The standard InChI is InChI=1S/C14H18F3N3O/c1-4-7-19-13(18-2)20-9-10-5-6-11(21-3)8-12(10)14(15,16)17/h4-6,8H,1,7,9H2,2-3H3,(H2,18,19,20). The molecule has 0 aliphatic heterocycles. The van der Waals surface area contributed by atoms with Gasteiger partial charge in [-0.2, -0.15) is 13.2 Å². The Hall–Kier alpha value is -2.18. The molecule has 0 amide bonds. The number of halogens is 3. The molecule has 21 heavy (non-hydrogen) atoms. The van der Waals surface area contributed by atoms with E-state index < -0.39 is 11.7 Å². The van der Waals surface area contributed by atoms with Crippen LogP contribution in [0, 0.1) is 0 Å². The van der Waals surface area contributed by atoms with Gasteiger partial charge in [0, 0.05) is 20.1 Å². The minimum atomic E-state index is -4.44. The maximum absolute atomic E-state index is 13.0. The molecule has 1 rings (SSSR count). The summed E-state index contributed by atoms with van der Waals surface area (Å²) in [7, 11) is 2.87. The normalized spacial score (nSPS) is 12.0. The molecule has 0 atom stereocenters. The highest BCUT2D eigenvalue weighted by Crippen LogP contribution is 2.34. The van der Waals surface area contributed by atoms with Crippen molar-refractivity contribution in [3.63, 3.8) is 0 Å². The Morgan fingerprint density at radius 3 is 2.62 bits per heavy atom. The van der Waals surface area contributed by atoms with Gasteiger partial charge in [-0.25, -0.2) is 0 Å². The number of benzene rings is 1. The van der Waals surface area contributed by atoms with Crippen LogP contribution >= 0.6 is 0 Å². The second-order valence-electron chi connectivity index (χ2n) is 4.12. The Kier molecular flexibility index (Phi) is 6.08. The molecule has 0 aliphatic rings. The SMILES string of the molecule is C=CCNC(=NC)NCc1ccc(OC)cc1C(F)(F)F. The second kappa shape index (κ2) is 7.56. The number of hydrogen-bond acceptors (Lipinski definition) is 2. The van der Waals surface area contributed by atoms with Crippen LogP contribution in [-0.2, 0) is 12.7 Å². The quantitative estimate of drug-likeness (QED) is 0.499. The van der Waals surface area contributed by atoms with Crippen LogP contribution in [-0.4, -0.2) is 26.7 Å². The lowest BCUT2D eigenvalue weighted by molar-refractivity contribution is -0.138. The van der Waals surface area contributed by atoms with E-state index in [0.29, 0.717) is 12.5 Å². The number of methoxy groups -OCH3 is 1. The van der Waals surface area contributed by atoms with Gasteiger partial charge in [0.2, 0.25) is 0 Å². The number of ether oxygens (including phenoxy) is 1. The van der Waals surface area contributed by atoms with Gasteiger partial charge in [0.1, 0.15) is 5.75 Å². The zero-order valence-electron chi connectivity index (χ0n) is 11.9. The van der Waals surface area contributed by atoms with Gasteiger partial charge in [0.15, 0.2) is 5.96 Å². The van der Waals surface area contributed by atoms with Gasteiger partial charge < -0.3 is 15.4 Å². The third-order valence-electron chi connectivity index (χ3n) is 2.71. The fourth-order valence-corrected chi connectivity index (χ4v) is 1.67. The molecule has 0 radical (unpaired) electrons. The predicted molar refractivity (Wildman–Crippen MR) is 76.4 cm³/mol. The van der Waals surface area contributed by atoms with Crippen molar-refractivity contribution in [1.82, 2.24) is 10.6 Å². The molecule has 0 unspecified atom stereocenters. The average Bonchev–Trinajstić information content (AvgIpc) is 2.46. The summed E-state index contributed by atoms with van der Waals surface area (Å²) in [6.45, 7) is 4.01. The summed E-state index contributed by atoms with van der Waals surface area (Å²) in [6, 6.07) is 3.86. The summed E-state index contributed by atoms with van der Waals surface area (Å²) in [4.78, 5) is 3.91. The number of alkyl halides is 3. The lowest BCUT2D eigenvalue weighted by Gasteiger charge is -2.16. The smallest absolute Gasteiger partial charge is 0.416 e. The first kappa shape index (κ1) is 16.9. The Morgan fingerprint density at radius 1 is 1.38 bits per heavy atom. The zero-order chi connectivity index (χ0) is 15.9. The molecule has 0 heterocycles. The molecule has 0 fully saturated rings. The number of hydrogen-bond donors (Lipinski definition) is 2. The largest absolute Gasteiger partial charge is 0.497 e. The van der Waals surface area contributed by atoms with Gasteiger partial charge in [0.25, 0.3) is 0 Å². The number of rotatable bonds is 5. The molecule has 0 aromatic heterocycles. The molecule has 1 aromatic carbocycles. The zero-order valence-corrected chi connectivity index (χ0v) is 11.9. The van der Waals surface area contributed by atoms with Crippen molar-refractivity contribution >= 4 is 5.96 Å². The van der Waals surface area contributed by atoms with Gasteiger partial charge in [-0.05, 0) is 17.7 Å². The fraction of sp³-hybridized carbons (Fsp3) is 0.357. The van der Waals surface area contributed by atoms with Crippen molar-refractivity contribution in [1.29, 1.82) is 0 Å². The maximum atomic E-state index is 13.0. The highest BCUT2D eigenvalue weighted by atomic mass is 19.4. The molecule has 0 spiro atoms. The van der Waals surface area contributed by atoms with Gasteiger partial charge >= 0.3 is 6.18 Å². The summed E-state index contributed by atoms with van der Waals surface area (Å²) in [5, 5.41) is 5.71. The minimum absolute atomic E-state index is 0.00431. The first-order chi connectivity index (χ1) is 9.92. The molecule has 116 valence electrons. The van der Waals surface area contributed by atoms with Crippen LogP contribution in [0.5, 0.6) is 5.75 Å². The molecular formula is C14H18F3N3O. The fourth-order valence-electron chi connectivity index (χ4n) is 1.67. The Balaban J connectivity index is 2.90. The van der Waals surface area contributed by atoms with E-state index in [0.717, 1.165) is 6.07 Å². The van der Waals surface area contributed by atoms with Crippen LogP contribution in [0.4, 0.5) is 13.2 Å². The molecule has 0 aliphatic carbocycles. The van der Waals surface area contributed by atoms with Crippen LogP contribution in [0.2, 0.25) is 0 Å². The first-order valence-corrected chi connectivity index (χ1v) is 6.22. The van der Waals surface area contributed by atoms with Crippen molar-refractivity contribution in [3.05, 3.63) is 42.0 Å². The monoisotopic (exact) mass is 301 g/mol. The lowest BCUT2D eigenvalue weighted by Crippen LogP contribution is -2.37. The Bertz CT molecular complexity index is 513. The molecule has 2 N–H and O–H groups in total. The van der Waals surface area contributed by atoms with Crippen LogP contribution in [0.15, 0.2) is 35.8 Å². The van der Waals surface area contributed by atoms with E-state index in [-0.39, 0.29) is 17.9 Å². The molecule has 1 aromatic rings. The van der Waals surface area contributed by atoms with E-state index in [1.165, 1.54) is 26.3 Å². The summed E-state index contributed by atoms with van der Waals surface area (Å²) >= 11 is 0. The average molecular weight is 301 g/mol. The molecular weight excluding hydrogens is 283 g/mol. The van der Waals surface area contributed by atoms with Crippen molar-refractivity contribution < 1.29 is 17.9 Å². The second-order valence-corrected chi connectivity index (χ2v) is 4.12. The molecule has 0 saturated heterocycles. The van der Waals surface area contributed by atoms with E-state index in [1.54, 1.807) is 6.08 Å². The van der Waals surface area contributed by atoms with Gasteiger partial charge in [0.05, 0.1) is 12.7 Å². The van der Waals surface area contributed by atoms with Crippen molar-refractivity contribution in [2.24, 2.45) is 4.99 Å². The third kappa shape index (κ3) is 5.02. The van der Waals surface area contributed by atoms with E-state index in [9.17, 15) is 13.2 Å². The van der Waals surface area contributed by atoms with Gasteiger partial charge in [-0.15, -0.1) is 6.58 Å². The highest BCUT2D eigenvalue weighted by Gasteiger charge is 2.33. The van der Waals surface area contributed by atoms with E-state index in [2.05, 4.69) is 22.2 Å². The Labute approximate surface area is 121 Å². The van der Waals surface area contributed by atoms with Crippen molar-refractivity contribution in [3.8, 4) is 5.75 Å². The van der Waals surface area contributed by atoms with Crippen LogP contribution in [0.3, 0.4) is 0 Å². The van der Waals surface area contributed by atoms with E-state index in [4.69, 9.17) is 4.74 Å². The number of nitrogens with one attached hydrogen (secondary N) is 2. The first-order valence-electron chi connectivity index (χ1n) is 6.22. The topological polar surface area (TPSA) is 45.7 Å². The van der Waals surface area contributed by atoms with Crippen LogP contribution in [0.25, 0.3) is 0 Å². The third-order valence-corrected chi connectivity index (χ3v) is 2.71. The predicted octanol–water partition coefficient (Wildman–Crippen LogP) is 2.57. The van der Waals surface area contributed by atoms with Crippen molar-refractivity contribution in [2.75, 3.05) is 20.7 Å². The molecule has 4 nitrogen and oxygen atoms in total.